The average molecular weight is 305 g/mol. The number of carbonyl (C=O) groups is 1. The number of hydrogen-bond donors (Lipinski definition) is 1. The molecule has 20 heavy (non-hydrogen) atoms. The van der Waals surface area contributed by atoms with Crippen molar-refractivity contribution in [3.05, 3.63) is 29.3 Å². The van der Waals surface area contributed by atoms with Gasteiger partial charge in [-0.1, -0.05) is 12.8 Å². The van der Waals surface area contributed by atoms with Crippen LogP contribution in [0.3, 0.4) is 0 Å². The maximum Gasteiger partial charge on any atom is 0.344 e. The Morgan fingerprint density at radius 3 is 2.55 bits per heavy atom. The van der Waals surface area contributed by atoms with E-state index >= 15 is 0 Å². The van der Waals surface area contributed by atoms with Crippen LogP contribution in [0.15, 0.2) is 17.0 Å². The summed E-state index contributed by atoms with van der Waals surface area (Å²) in [5, 5.41) is 4.78. The second-order valence-corrected chi connectivity index (χ2v) is 6.18. The van der Waals surface area contributed by atoms with Gasteiger partial charge in [-0.05, 0) is 24.5 Å². The molecule has 0 heterocycles. The summed E-state index contributed by atoms with van der Waals surface area (Å²) in [6, 6.07) is 1.33. The minimum absolute atomic E-state index is 0.0436. The van der Waals surface area contributed by atoms with Crippen molar-refractivity contribution in [1.82, 2.24) is 0 Å². The second kappa shape index (κ2) is 5.45. The Bertz CT molecular complexity index is 641. The normalized spacial score (nSPS) is 15.2. The van der Waals surface area contributed by atoms with Gasteiger partial charge in [-0.25, -0.2) is 27.1 Å². The van der Waals surface area contributed by atoms with Crippen molar-refractivity contribution in [2.75, 3.05) is 6.61 Å². The molecule has 0 aliphatic heterocycles. The lowest BCUT2D eigenvalue weighted by Gasteiger charge is -2.08. The van der Waals surface area contributed by atoms with Gasteiger partial charge in [0.05, 0.1) is 6.61 Å². The Labute approximate surface area is 114 Å². The molecule has 0 bridgehead atoms. The van der Waals surface area contributed by atoms with Crippen LogP contribution in [0, 0.1) is 17.6 Å². The Kier molecular flexibility index (Phi) is 4.05. The van der Waals surface area contributed by atoms with Crippen molar-refractivity contribution in [2.24, 2.45) is 11.1 Å². The first-order valence-electron chi connectivity index (χ1n) is 5.98. The number of halogens is 2. The van der Waals surface area contributed by atoms with Crippen molar-refractivity contribution < 1.29 is 26.7 Å². The van der Waals surface area contributed by atoms with Gasteiger partial charge in [0.1, 0.15) is 16.3 Å². The first-order valence-corrected chi connectivity index (χ1v) is 7.53. The van der Waals surface area contributed by atoms with Crippen LogP contribution in [0.2, 0.25) is 0 Å². The number of ether oxygens (including phenoxy) is 1. The molecule has 0 atom stereocenters. The molecule has 0 spiro atoms. The number of hydrogen-bond acceptors (Lipinski definition) is 4. The van der Waals surface area contributed by atoms with Crippen LogP contribution in [0.5, 0.6) is 0 Å². The van der Waals surface area contributed by atoms with E-state index in [-0.39, 0.29) is 6.61 Å². The average Bonchev–Trinajstić information content (AvgIpc) is 3.11. The third kappa shape index (κ3) is 3.31. The molecule has 110 valence electrons. The molecular weight excluding hydrogens is 292 g/mol. The van der Waals surface area contributed by atoms with E-state index in [0.29, 0.717) is 24.5 Å². The van der Waals surface area contributed by atoms with Crippen LogP contribution < -0.4 is 5.14 Å². The summed E-state index contributed by atoms with van der Waals surface area (Å²) in [4.78, 5) is 10.7. The summed E-state index contributed by atoms with van der Waals surface area (Å²) in [5.41, 5.74) is -1.03. The first-order chi connectivity index (χ1) is 9.30. The van der Waals surface area contributed by atoms with Gasteiger partial charge in [-0.2, -0.15) is 0 Å². The number of sulfonamides is 1. The monoisotopic (exact) mass is 305 g/mol. The highest BCUT2D eigenvalue weighted by Gasteiger charge is 2.27. The van der Waals surface area contributed by atoms with E-state index in [1.165, 1.54) is 0 Å². The van der Waals surface area contributed by atoms with Crippen LogP contribution in [0.1, 0.15) is 29.6 Å². The largest absolute Gasteiger partial charge is 0.462 e. The van der Waals surface area contributed by atoms with E-state index in [0.717, 1.165) is 12.8 Å². The van der Waals surface area contributed by atoms with Crippen molar-refractivity contribution >= 4 is 16.0 Å². The van der Waals surface area contributed by atoms with Crippen molar-refractivity contribution in [1.29, 1.82) is 0 Å². The highest BCUT2D eigenvalue weighted by Crippen LogP contribution is 2.32. The molecule has 8 heteroatoms. The Hall–Kier alpha value is -1.54. The van der Waals surface area contributed by atoms with Gasteiger partial charge in [0.25, 0.3) is 0 Å². The highest BCUT2D eigenvalue weighted by atomic mass is 32.2. The van der Waals surface area contributed by atoms with Crippen LogP contribution in [0.4, 0.5) is 8.78 Å². The summed E-state index contributed by atoms with van der Waals surface area (Å²) in [6.45, 7) is 0.0436. The maximum atomic E-state index is 13.9. The lowest BCUT2D eigenvalue weighted by Crippen LogP contribution is -2.18. The maximum absolute atomic E-state index is 13.9. The quantitative estimate of drug-likeness (QED) is 0.837. The molecule has 1 fully saturated rings. The molecule has 0 unspecified atom stereocenters. The Balaban J connectivity index is 2.22. The van der Waals surface area contributed by atoms with E-state index in [2.05, 4.69) is 0 Å². The molecule has 2 N–H and O–H groups in total. The number of rotatable bonds is 5. The summed E-state index contributed by atoms with van der Waals surface area (Å²) in [7, 11) is -4.38. The standard InChI is InChI=1S/C12H13F2NO4S/c13-8-3-4-9(20(15,17)18)11(14)10(8)12(16)19-6-5-7-1-2-7/h3-4,7H,1-2,5-6H2,(H2,15,17,18). The molecule has 1 saturated carbocycles. The lowest BCUT2D eigenvalue weighted by molar-refractivity contribution is 0.0483. The fourth-order valence-corrected chi connectivity index (χ4v) is 2.35. The van der Waals surface area contributed by atoms with E-state index < -0.39 is 38.1 Å². The molecule has 0 amide bonds. The third-order valence-corrected chi connectivity index (χ3v) is 3.95. The van der Waals surface area contributed by atoms with E-state index in [9.17, 15) is 22.0 Å². The van der Waals surface area contributed by atoms with Gasteiger partial charge < -0.3 is 4.74 Å². The number of carbonyl (C=O) groups excluding carboxylic acids is 1. The zero-order chi connectivity index (χ0) is 14.9. The molecule has 1 aromatic rings. The second-order valence-electron chi connectivity index (χ2n) is 4.65. The predicted molar refractivity (Wildman–Crippen MR) is 65.4 cm³/mol. The van der Waals surface area contributed by atoms with E-state index in [1.54, 1.807) is 0 Å². The molecule has 1 aromatic carbocycles. The summed E-state index contributed by atoms with van der Waals surface area (Å²) in [6.07, 6.45) is 2.74. The smallest absolute Gasteiger partial charge is 0.344 e. The molecule has 0 radical (unpaired) electrons. The SMILES string of the molecule is NS(=O)(=O)c1ccc(F)c(C(=O)OCCC2CC2)c1F. The van der Waals surface area contributed by atoms with Crippen molar-refractivity contribution in [3.63, 3.8) is 0 Å². The van der Waals surface area contributed by atoms with Crippen LogP contribution in [-0.2, 0) is 14.8 Å². The molecular formula is C12H13F2NO4S. The molecule has 5 nitrogen and oxygen atoms in total. The summed E-state index contributed by atoms with van der Waals surface area (Å²) in [5.74, 6) is -3.45. The van der Waals surface area contributed by atoms with Crippen LogP contribution >= 0.6 is 0 Å². The van der Waals surface area contributed by atoms with Gasteiger partial charge in [0.2, 0.25) is 10.0 Å². The van der Waals surface area contributed by atoms with Gasteiger partial charge >= 0.3 is 5.97 Å². The molecule has 0 saturated heterocycles. The molecule has 1 aliphatic carbocycles. The topological polar surface area (TPSA) is 86.5 Å². The fourth-order valence-electron chi connectivity index (χ4n) is 1.74. The minimum Gasteiger partial charge on any atom is -0.462 e. The van der Waals surface area contributed by atoms with Crippen LogP contribution in [-0.4, -0.2) is 21.0 Å². The van der Waals surface area contributed by atoms with Crippen molar-refractivity contribution in [3.8, 4) is 0 Å². The fraction of sp³-hybridized carbons (Fsp3) is 0.417. The lowest BCUT2D eigenvalue weighted by atomic mass is 10.2. The van der Waals surface area contributed by atoms with Gasteiger partial charge in [0.15, 0.2) is 5.82 Å². The number of nitrogens with two attached hydrogens (primary N) is 1. The Morgan fingerprint density at radius 2 is 2.00 bits per heavy atom. The first kappa shape index (κ1) is 14.9. The van der Waals surface area contributed by atoms with Crippen LogP contribution in [0.25, 0.3) is 0 Å². The van der Waals surface area contributed by atoms with Gasteiger partial charge in [-0.3, -0.25) is 0 Å². The number of esters is 1. The molecule has 0 aromatic heterocycles. The minimum atomic E-state index is -4.38. The Morgan fingerprint density at radius 1 is 1.35 bits per heavy atom. The van der Waals surface area contributed by atoms with Gasteiger partial charge in [0, 0.05) is 0 Å². The van der Waals surface area contributed by atoms with Crippen molar-refractivity contribution in [2.45, 2.75) is 24.2 Å². The third-order valence-electron chi connectivity index (χ3n) is 3.02. The molecule has 2 rings (SSSR count). The predicted octanol–water partition coefficient (Wildman–Crippen LogP) is 1.57. The summed E-state index contributed by atoms with van der Waals surface area (Å²) >= 11 is 0. The zero-order valence-corrected chi connectivity index (χ0v) is 11.3. The van der Waals surface area contributed by atoms with Gasteiger partial charge in [-0.15, -0.1) is 0 Å². The highest BCUT2D eigenvalue weighted by molar-refractivity contribution is 7.89. The number of primary sulfonamides is 1. The summed E-state index contributed by atoms with van der Waals surface area (Å²) < 4.78 is 54.4. The zero-order valence-electron chi connectivity index (χ0n) is 10.4. The van der Waals surface area contributed by atoms with E-state index in [4.69, 9.17) is 9.88 Å². The van der Waals surface area contributed by atoms with E-state index in [1.807, 2.05) is 0 Å². The molecule has 1 aliphatic rings. The number of benzene rings is 1.